The summed E-state index contributed by atoms with van der Waals surface area (Å²) in [6, 6.07) is 18.1. The van der Waals surface area contributed by atoms with Crippen LogP contribution in [0.15, 0.2) is 54.6 Å². The first-order valence-corrected chi connectivity index (χ1v) is 8.11. The molecule has 22 heavy (non-hydrogen) atoms. The molecule has 2 N–H and O–H groups in total. The van der Waals surface area contributed by atoms with Gasteiger partial charge in [0.1, 0.15) is 0 Å². The van der Waals surface area contributed by atoms with Crippen molar-refractivity contribution in [3.8, 4) is 0 Å². The molecule has 2 aromatic carbocycles. The Morgan fingerprint density at radius 2 is 1.23 bits per heavy atom. The van der Waals surface area contributed by atoms with Crippen LogP contribution in [0, 0.1) is 13.8 Å². The van der Waals surface area contributed by atoms with Crippen LogP contribution in [0.25, 0.3) is 0 Å². The van der Waals surface area contributed by atoms with Gasteiger partial charge in [0.05, 0.1) is 6.61 Å². The van der Waals surface area contributed by atoms with Gasteiger partial charge < -0.3 is 10.4 Å². The molecular formula is C20H29NO. The first-order chi connectivity index (χ1) is 10.7. The van der Waals surface area contributed by atoms with Gasteiger partial charge in [-0.1, -0.05) is 72.1 Å². The van der Waals surface area contributed by atoms with E-state index in [0.29, 0.717) is 0 Å². The summed E-state index contributed by atoms with van der Waals surface area (Å²) in [5.41, 5.74) is 3.42. The zero-order valence-corrected chi connectivity index (χ0v) is 13.9. The molecule has 0 aliphatic carbocycles. The van der Waals surface area contributed by atoms with Crippen molar-refractivity contribution in [2.75, 3.05) is 13.1 Å². The number of nitrogens with one attached hydrogen (secondary N) is 1. The Balaban J connectivity index is 0.000000174. The Hall–Kier alpha value is -1.64. The van der Waals surface area contributed by atoms with Gasteiger partial charge in [-0.25, -0.2) is 0 Å². The minimum atomic E-state index is 0.141. The van der Waals surface area contributed by atoms with Crippen LogP contribution in [0.2, 0.25) is 0 Å². The quantitative estimate of drug-likeness (QED) is 0.825. The molecule has 2 nitrogen and oxygen atoms in total. The summed E-state index contributed by atoms with van der Waals surface area (Å²) >= 11 is 0. The van der Waals surface area contributed by atoms with Crippen LogP contribution in [0.1, 0.15) is 36.0 Å². The lowest BCUT2D eigenvalue weighted by Gasteiger charge is -2.08. The Morgan fingerprint density at radius 3 is 1.50 bits per heavy atom. The number of aliphatic hydroxyl groups excluding tert-OH is 1. The van der Waals surface area contributed by atoms with Gasteiger partial charge in [-0.2, -0.15) is 0 Å². The number of aryl methyl sites for hydroxylation is 2. The number of piperidine rings is 1. The number of rotatable bonds is 1. The summed E-state index contributed by atoms with van der Waals surface area (Å²) in [7, 11) is 0. The van der Waals surface area contributed by atoms with Crippen LogP contribution in [-0.4, -0.2) is 18.2 Å². The molecule has 1 saturated heterocycles. The molecule has 0 aromatic heterocycles. The van der Waals surface area contributed by atoms with Crippen LogP contribution in [0.4, 0.5) is 0 Å². The third-order valence-electron chi connectivity index (χ3n) is 3.34. The van der Waals surface area contributed by atoms with Crippen molar-refractivity contribution in [3.05, 3.63) is 71.3 Å². The van der Waals surface area contributed by atoms with Crippen molar-refractivity contribution in [2.24, 2.45) is 0 Å². The lowest BCUT2D eigenvalue weighted by Crippen LogP contribution is -2.21. The van der Waals surface area contributed by atoms with Gasteiger partial charge in [0.2, 0.25) is 0 Å². The van der Waals surface area contributed by atoms with E-state index in [0.717, 1.165) is 5.56 Å². The number of benzene rings is 2. The lowest BCUT2D eigenvalue weighted by atomic mass is 10.1. The predicted octanol–water partition coefficient (Wildman–Crippen LogP) is 4.24. The van der Waals surface area contributed by atoms with Crippen molar-refractivity contribution in [1.29, 1.82) is 0 Å². The molecule has 0 radical (unpaired) electrons. The summed E-state index contributed by atoms with van der Waals surface area (Å²) in [6.45, 7) is 6.71. The molecule has 0 amide bonds. The van der Waals surface area contributed by atoms with Crippen LogP contribution < -0.4 is 5.32 Å². The van der Waals surface area contributed by atoms with E-state index in [4.69, 9.17) is 5.11 Å². The minimum Gasteiger partial charge on any atom is -0.392 e. The molecule has 0 spiro atoms. The van der Waals surface area contributed by atoms with E-state index in [-0.39, 0.29) is 6.61 Å². The van der Waals surface area contributed by atoms with Gasteiger partial charge >= 0.3 is 0 Å². The van der Waals surface area contributed by atoms with Gasteiger partial charge in [-0.3, -0.25) is 0 Å². The van der Waals surface area contributed by atoms with Gasteiger partial charge in [0.15, 0.2) is 0 Å². The number of aliphatic hydroxyl groups is 1. The maximum Gasteiger partial charge on any atom is 0.0682 e. The van der Waals surface area contributed by atoms with E-state index in [1.165, 1.54) is 43.5 Å². The number of hydrogen-bond acceptors (Lipinski definition) is 2. The fourth-order valence-corrected chi connectivity index (χ4v) is 2.35. The van der Waals surface area contributed by atoms with E-state index in [1.54, 1.807) is 0 Å². The van der Waals surface area contributed by atoms with E-state index >= 15 is 0 Å². The molecule has 1 aliphatic heterocycles. The minimum absolute atomic E-state index is 0.141. The highest BCUT2D eigenvalue weighted by Gasteiger charge is 1.93. The van der Waals surface area contributed by atoms with E-state index in [1.807, 2.05) is 62.4 Å². The molecule has 0 bridgehead atoms. The van der Waals surface area contributed by atoms with Crippen LogP contribution in [-0.2, 0) is 6.61 Å². The second-order valence-electron chi connectivity index (χ2n) is 5.62. The monoisotopic (exact) mass is 299 g/mol. The zero-order valence-electron chi connectivity index (χ0n) is 13.9. The van der Waals surface area contributed by atoms with Crippen LogP contribution >= 0.6 is 0 Å². The lowest BCUT2D eigenvalue weighted by molar-refractivity contribution is 0.281. The fourth-order valence-electron chi connectivity index (χ4n) is 2.35. The Kier molecular flexibility index (Phi) is 10.0. The molecule has 0 unspecified atom stereocenters. The average Bonchev–Trinajstić information content (AvgIpc) is 2.58. The van der Waals surface area contributed by atoms with Gasteiger partial charge in [0, 0.05) is 0 Å². The topological polar surface area (TPSA) is 32.3 Å². The smallest absolute Gasteiger partial charge is 0.0682 e. The second kappa shape index (κ2) is 12.0. The summed E-state index contributed by atoms with van der Waals surface area (Å²) in [5, 5.41) is 12.1. The van der Waals surface area contributed by atoms with E-state index in [2.05, 4.69) is 11.4 Å². The molecule has 0 saturated carbocycles. The van der Waals surface area contributed by atoms with Crippen molar-refractivity contribution in [2.45, 2.75) is 39.7 Å². The molecule has 1 fully saturated rings. The third kappa shape index (κ3) is 9.32. The highest BCUT2D eigenvalue weighted by atomic mass is 16.3. The van der Waals surface area contributed by atoms with Crippen molar-refractivity contribution in [3.63, 3.8) is 0 Å². The number of hydrogen-bond donors (Lipinski definition) is 2. The van der Waals surface area contributed by atoms with E-state index in [9.17, 15) is 0 Å². The maximum absolute atomic E-state index is 8.79. The normalized spacial score (nSPS) is 13.2. The maximum atomic E-state index is 8.79. The highest BCUT2D eigenvalue weighted by molar-refractivity contribution is 5.27. The van der Waals surface area contributed by atoms with Gasteiger partial charge in [0.25, 0.3) is 0 Å². The van der Waals surface area contributed by atoms with E-state index < -0.39 is 0 Å². The van der Waals surface area contributed by atoms with Crippen LogP contribution in [0.3, 0.4) is 0 Å². The molecule has 2 heteroatoms. The molecular weight excluding hydrogens is 270 g/mol. The molecule has 3 rings (SSSR count). The standard InChI is InChI=1S/C9H12O.C6H6.C5H11N/c1-7-3-8(2)5-9(4-7)6-10;2*1-2-4-6-5-3-1/h3-5,10H,6H2,1-2H3;1-6H;6H,1-5H2. The Labute approximate surface area is 135 Å². The summed E-state index contributed by atoms with van der Waals surface area (Å²) in [5.74, 6) is 0. The first-order valence-electron chi connectivity index (χ1n) is 8.11. The second-order valence-corrected chi connectivity index (χ2v) is 5.62. The molecule has 1 heterocycles. The Morgan fingerprint density at radius 1 is 0.773 bits per heavy atom. The summed E-state index contributed by atoms with van der Waals surface area (Å²) in [6.07, 6.45) is 4.22. The van der Waals surface area contributed by atoms with Crippen LogP contribution in [0.5, 0.6) is 0 Å². The van der Waals surface area contributed by atoms with Crippen molar-refractivity contribution < 1.29 is 5.11 Å². The predicted molar refractivity (Wildman–Crippen MR) is 95.0 cm³/mol. The third-order valence-corrected chi connectivity index (χ3v) is 3.34. The summed E-state index contributed by atoms with van der Waals surface area (Å²) in [4.78, 5) is 0. The molecule has 120 valence electrons. The summed E-state index contributed by atoms with van der Waals surface area (Å²) < 4.78 is 0. The first kappa shape index (κ1) is 18.4. The van der Waals surface area contributed by atoms with Crippen molar-refractivity contribution in [1.82, 2.24) is 5.32 Å². The van der Waals surface area contributed by atoms with Gasteiger partial charge in [-0.05, 0) is 45.3 Å². The Bertz CT molecular complexity index is 434. The van der Waals surface area contributed by atoms with Crippen molar-refractivity contribution >= 4 is 0 Å². The largest absolute Gasteiger partial charge is 0.392 e. The molecule has 2 aromatic rings. The zero-order chi connectivity index (χ0) is 16.0. The molecule has 0 atom stereocenters. The SMILES string of the molecule is C1CCNCC1.Cc1cc(C)cc(CO)c1.c1ccccc1. The molecule has 1 aliphatic rings. The highest BCUT2D eigenvalue weighted by Crippen LogP contribution is 2.07. The van der Waals surface area contributed by atoms with Gasteiger partial charge in [-0.15, -0.1) is 0 Å². The fraction of sp³-hybridized carbons (Fsp3) is 0.400. The average molecular weight is 299 g/mol.